The number of halogens is 4. The molecular weight excluding hydrogens is 260 g/mol. The van der Waals surface area contributed by atoms with Crippen LogP contribution in [0.1, 0.15) is 18.4 Å². The summed E-state index contributed by atoms with van der Waals surface area (Å²) in [5.41, 5.74) is 0.596. The van der Waals surface area contributed by atoms with Gasteiger partial charge < -0.3 is 10.2 Å². The van der Waals surface area contributed by atoms with E-state index in [1.807, 2.05) is 0 Å². The number of alkyl halides is 2. The highest BCUT2D eigenvalue weighted by Gasteiger charge is 2.41. The van der Waals surface area contributed by atoms with Crippen molar-refractivity contribution < 1.29 is 17.6 Å². The number of rotatable bonds is 2. The maximum atomic E-state index is 13.9. The van der Waals surface area contributed by atoms with Gasteiger partial charge in [0.1, 0.15) is 0 Å². The summed E-state index contributed by atoms with van der Waals surface area (Å²) < 4.78 is 54.0. The average Bonchev–Trinajstić information content (AvgIpc) is 2.35. The lowest BCUT2D eigenvalue weighted by molar-refractivity contribution is -0.0367. The Morgan fingerprint density at radius 1 is 1.32 bits per heavy atom. The SMILES string of the molecule is CNC1CC(F)(F)CCN1c1c(C)ccc(F)c1F. The standard InChI is InChI=1S/C13H16F4N2/c1-8-3-4-9(14)11(15)12(8)19-6-5-13(16,17)7-10(19)18-2/h3-4,10,18H,5-7H2,1-2H3. The van der Waals surface area contributed by atoms with Crippen molar-refractivity contribution in [3.63, 3.8) is 0 Å². The molecule has 1 aliphatic rings. The predicted molar refractivity (Wildman–Crippen MR) is 65.5 cm³/mol. The predicted octanol–water partition coefficient (Wildman–Crippen LogP) is 3.05. The molecule has 1 saturated heterocycles. The third-order valence-electron chi connectivity index (χ3n) is 3.48. The highest BCUT2D eigenvalue weighted by Crippen LogP contribution is 2.36. The van der Waals surface area contributed by atoms with Gasteiger partial charge in [0.05, 0.1) is 11.9 Å². The van der Waals surface area contributed by atoms with Crippen molar-refractivity contribution in [2.24, 2.45) is 0 Å². The van der Waals surface area contributed by atoms with Crippen LogP contribution in [-0.4, -0.2) is 25.7 Å². The van der Waals surface area contributed by atoms with Crippen LogP contribution in [0.25, 0.3) is 0 Å². The smallest absolute Gasteiger partial charge is 0.253 e. The van der Waals surface area contributed by atoms with Crippen LogP contribution in [-0.2, 0) is 0 Å². The van der Waals surface area contributed by atoms with E-state index in [1.165, 1.54) is 18.0 Å². The molecule has 1 N–H and O–H groups in total. The number of nitrogens with one attached hydrogen (secondary N) is 1. The first-order chi connectivity index (χ1) is 8.85. The molecule has 0 saturated carbocycles. The van der Waals surface area contributed by atoms with Crippen LogP contribution in [0.4, 0.5) is 23.2 Å². The lowest BCUT2D eigenvalue weighted by atomic mass is 10.0. The average molecular weight is 276 g/mol. The quantitative estimate of drug-likeness (QED) is 0.835. The van der Waals surface area contributed by atoms with E-state index in [4.69, 9.17) is 0 Å². The van der Waals surface area contributed by atoms with Crippen LogP contribution < -0.4 is 10.2 Å². The molecule has 0 aliphatic carbocycles. The van der Waals surface area contributed by atoms with E-state index in [0.29, 0.717) is 5.56 Å². The third kappa shape index (κ3) is 2.68. The molecule has 2 nitrogen and oxygen atoms in total. The molecule has 1 atom stereocenters. The Bertz CT molecular complexity index is 476. The van der Waals surface area contributed by atoms with Crippen LogP contribution in [0.3, 0.4) is 0 Å². The van der Waals surface area contributed by atoms with Crippen molar-refractivity contribution in [2.45, 2.75) is 31.9 Å². The summed E-state index contributed by atoms with van der Waals surface area (Å²) in [7, 11) is 1.53. The van der Waals surface area contributed by atoms with Gasteiger partial charge in [-0.25, -0.2) is 17.6 Å². The van der Waals surface area contributed by atoms with E-state index in [9.17, 15) is 17.6 Å². The molecule has 0 spiro atoms. The normalized spacial score (nSPS) is 22.6. The largest absolute Gasteiger partial charge is 0.353 e. The second kappa shape index (κ2) is 5.00. The zero-order valence-electron chi connectivity index (χ0n) is 10.8. The lowest BCUT2D eigenvalue weighted by Gasteiger charge is -2.41. The van der Waals surface area contributed by atoms with Gasteiger partial charge in [-0.3, -0.25) is 0 Å². The van der Waals surface area contributed by atoms with Gasteiger partial charge in [0.15, 0.2) is 11.6 Å². The summed E-state index contributed by atoms with van der Waals surface area (Å²) in [6.45, 7) is 1.62. The minimum Gasteiger partial charge on any atom is -0.353 e. The number of anilines is 1. The van der Waals surface area contributed by atoms with E-state index >= 15 is 0 Å². The highest BCUT2D eigenvalue weighted by molar-refractivity contribution is 5.55. The summed E-state index contributed by atoms with van der Waals surface area (Å²) in [6, 6.07) is 2.49. The van der Waals surface area contributed by atoms with Crippen molar-refractivity contribution >= 4 is 5.69 Å². The van der Waals surface area contributed by atoms with E-state index in [2.05, 4.69) is 5.32 Å². The van der Waals surface area contributed by atoms with Crippen LogP contribution in [0.15, 0.2) is 12.1 Å². The van der Waals surface area contributed by atoms with Crippen molar-refractivity contribution in [1.29, 1.82) is 0 Å². The molecule has 0 radical (unpaired) electrons. The third-order valence-corrected chi connectivity index (χ3v) is 3.48. The molecule has 0 amide bonds. The number of benzene rings is 1. The lowest BCUT2D eigenvalue weighted by Crippen LogP contribution is -2.53. The molecule has 0 aromatic heterocycles. The molecule has 1 unspecified atom stereocenters. The molecule has 19 heavy (non-hydrogen) atoms. The summed E-state index contributed by atoms with van der Waals surface area (Å²) in [5.74, 6) is -4.72. The van der Waals surface area contributed by atoms with Crippen molar-refractivity contribution in [3.8, 4) is 0 Å². The summed E-state index contributed by atoms with van der Waals surface area (Å²) >= 11 is 0. The first kappa shape index (κ1) is 14.1. The number of aryl methyl sites for hydroxylation is 1. The second-order valence-electron chi connectivity index (χ2n) is 4.83. The molecule has 6 heteroatoms. The van der Waals surface area contributed by atoms with Crippen molar-refractivity contribution in [2.75, 3.05) is 18.5 Å². The number of nitrogens with zero attached hydrogens (tertiary/aromatic N) is 1. The Balaban J connectivity index is 2.39. The number of hydrogen-bond donors (Lipinski definition) is 1. The van der Waals surface area contributed by atoms with Gasteiger partial charge in [-0.1, -0.05) is 6.07 Å². The van der Waals surface area contributed by atoms with E-state index in [1.54, 1.807) is 6.92 Å². The molecular formula is C13H16F4N2. The molecule has 1 aliphatic heterocycles. The second-order valence-corrected chi connectivity index (χ2v) is 4.83. The van der Waals surface area contributed by atoms with Crippen LogP contribution >= 0.6 is 0 Å². The van der Waals surface area contributed by atoms with Gasteiger partial charge in [-0.05, 0) is 25.6 Å². The van der Waals surface area contributed by atoms with Gasteiger partial charge >= 0.3 is 0 Å². The van der Waals surface area contributed by atoms with Crippen LogP contribution in [0, 0.1) is 18.6 Å². The molecule has 1 heterocycles. The van der Waals surface area contributed by atoms with E-state index < -0.39 is 30.1 Å². The monoisotopic (exact) mass is 276 g/mol. The van der Waals surface area contributed by atoms with Crippen LogP contribution in [0.5, 0.6) is 0 Å². The fourth-order valence-electron chi connectivity index (χ4n) is 2.45. The topological polar surface area (TPSA) is 15.3 Å². The van der Waals surface area contributed by atoms with Gasteiger partial charge in [0.25, 0.3) is 5.92 Å². The van der Waals surface area contributed by atoms with Gasteiger partial charge in [-0.15, -0.1) is 0 Å². The minimum absolute atomic E-state index is 0.0142. The summed E-state index contributed by atoms with van der Waals surface area (Å²) in [4.78, 5) is 1.48. The summed E-state index contributed by atoms with van der Waals surface area (Å²) in [6.07, 6.45) is -1.49. The van der Waals surface area contributed by atoms with Gasteiger partial charge in [-0.2, -0.15) is 0 Å². The molecule has 1 fully saturated rings. The van der Waals surface area contributed by atoms with Crippen LogP contribution in [0.2, 0.25) is 0 Å². The molecule has 1 aromatic carbocycles. The zero-order chi connectivity index (χ0) is 14.2. The number of hydrogen-bond acceptors (Lipinski definition) is 2. The first-order valence-corrected chi connectivity index (χ1v) is 6.12. The molecule has 2 rings (SSSR count). The Morgan fingerprint density at radius 2 is 2.00 bits per heavy atom. The maximum absolute atomic E-state index is 13.9. The zero-order valence-corrected chi connectivity index (χ0v) is 10.8. The molecule has 0 bridgehead atoms. The molecule has 1 aromatic rings. The van der Waals surface area contributed by atoms with E-state index in [-0.39, 0.29) is 18.7 Å². The van der Waals surface area contributed by atoms with E-state index in [0.717, 1.165) is 6.07 Å². The Morgan fingerprint density at radius 3 is 2.63 bits per heavy atom. The molecule has 106 valence electrons. The maximum Gasteiger partial charge on any atom is 0.253 e. The van der Waals surface area contributed by atoms with Crippen molar-refractivity contribution in [1.82, 2.24) is 5.32 Å². The Hall–Kier alpha value is -1.30. The number of piperidine rings is 1. The van der Waals surface area contributed by atoms with Crippen molar-refractivity contribution in [3.05, 3.63) is 29.3 Å². The van der Waals surface area contributed by atoms with Gasteiger partial charge in [0, 0.05) is 19.4 Å². The Labute approximate surface area is 109 Å². The Kier molecular flexibility index (Phi) is 3.71. The van der Waals surface area contributed by atoms with Gasteiger partial charge in [0.2, 0.25) is 0 Å². The summed E-state index contributed by atoms with van der Waals surface area (Å²) in [5, 5.41) is 2.74. The fraction of sp³-hybridized carbons (Fsp3) is 0.538. The fourth-order valence-corrected chi connectivity index (χ4v) is 2.45. The highest BCUT2D eigenvalue weighted by atomic mass is 19.3. The minimum atomic E-state index is -2.78. The first-order valence-electron chi connectivity index (χ1n) is 6.12.